The van der Waals surface area contributed by atoms with Crippen molar-refractivity contribution in [3.8, 4) is 5.75 Å². The van der Waals surface area contributed by atoms with Crippen molar-refractivity contribution in [1.29, 1.82) is 0 Å². The smallest absolute Gasteiger partial charge is 0.230 e. The van der Waals surface area contributed by atoms with Crippen molar-refractivity contribution in [2.24, 2.45) is 23.5 Å². The number of aliphatic hydroxyl groups is 3. The zero-order chi connectivity index (χ0) is 26.1. The van der Waals surface area contributed by atoms with Gasteiger partial charge in [-0.25, -0.2) is 0 Å². The van der Waals surface area contributed by atoms with Gasteiger partial charge in [0, 0.05) is 30.6 Å². The number of rotatable bonds is 3. The Bertz CT molecular complexity index is 1170. The molecule has 0 spiro atoms. The molecule has 1 saturated carbocycles. The van der Waals surface area contributed by atoms with E-state index in [1.807, 2.05) is 4.90 Å². The summed E-state index contributed by atoms with van der Waals surface area (Å²) in [5.41, 5.74) is 3.77. The number of phenols is 1. The Kier molecular flexibility index (Phi) is 5.86. The van der Waals surface area contributed by atoms with E-state index in [9.17, 15) is 34.8 Å². The number of morpholine rings is 1. The van der Waals surface area contributed by atoms with Crippen molar-refractivity contribution in [2.45, 2.75) is 30.6 Å². The first-order chi connectivity index (χ1) is 17.0. The van der Waals surface area contributed by atoms with E-state index in [0.717, 1.165) is 0 Å². The molecular weight excluding hydrogens is 470 g/mol. The van der Waals surface area contributed by atoms with Crippen molar-refractivity contribution < 1.29 is 39.5 Å². The van der Waals surface area contributed by atoms with Gasteiger partial charge in [0.15, 0.2) is 17.2 Å². The Morgan fingerprint density at radius 1 is 1.19 bits per heavy atom. The minimum absolute atomic E-state index is 0.0257. The number of anilines is 1. The first-order valence-electron chi connectivity index (χ1n) is 12.1. The summed E-state index contributed by atoms with van der Waals surface area (Å²) in [6.07, 6.45) is -1.10. The largest absolute Gasteiger partial charge is 0.508 e. The fourth-order valence-corrected chi connectivity index (χ4v) is 6.63. The van der Waals surface area contributed by atoms with Gasteiger partial charge in [0.1, 0.15) is 17.4 Å². The fraction of sp³-hybridized carbons (Fsp3) is 0.560. The summed E-state index contributed by atoms with van der Waals surface area (Å²) in [4.78, 5) is 42.7. The molecule has 5 rings (SSSR count). The summed E-state index contributed by atoms with van der Waals surface area (Å²) in [6.45, 7) is 2.04. The number of likely N-dealkylation sites (N-methyl/N-ethyl adjacent to an activating group) is 1. The number of fused-ring (bicyclic) bond motifs is 3. The van der Waals surface area contributed by atoms with Crippen LogP contribution in [0.25, 0.3) is 0 Å². The van der Waals surface area contributed by atoms with Gasteiger partial charge in [-0.2, -0.15) is 0 Å². The maximum atomic E-state index is 13.7. The fourth-order valence-electron chi connectivity index (χ4n) is 6.63. The molecular formula is C25H31N3O8. The monoisotopic (exact) mass is 501 g/mol. The highest BCUT2D eigenvalue weighted by atomic mass is 16.5. The van der Waals surface area contributed by atoms with Gasteiger partial charge in [0.05, 0.1) is 30.6 Å². The summed E-state index contributed by atoms with van der Waals surface area (Å²) >= 11 is 0. The molecule has 11 nitrogen and oxygen atoms in total. The lowest BCUT2D eigenvalue weighted by molar-refractivity contribution is -0.178. The SMILES string of the molecule is CN(C)[C@@H]1C(O)C(C(N)=O)C(=O)[C@@]2(O)C(O)=C3C(=O)c4c(ccc(N5CCOCC5)c4O)C[C@H]3C[C@@H]12. The molecule has 194 valence electrons. The van der Waals surface area contributed by atoms with Crippen molar-refractivity contribution in [1.82, 2.24) is 4.90 Å². The average molecular weight is 502 g/mol. The second-order valence-corrected chi connectivity index (χ2v) is 10.4. The van der Waals surface area contributed by atoms with Crippen LogP contribution in [-0.4, -0.2) is 101 Å². The van der Waals surface area contributed by atoms with Crippen LogP contribution in [0.3, 0.4) is 0 Å². The number of ether oxygens (including phenoxy) is 1. The number of carbonyl (C=O) groups excluding carboxylic acids is 3. The number of ketones is 2. The molecule has 11 heteroatoms. The van der Waals surface area contributed by atoms with Crippen LogP contribution in [0.4, 0.5) is 5.69 Å². The number of hydrogen-bond acceptors (Lipinski definition) is 10. The lowest BCUT2D eigenvalue weighted by Gasteiger charge is -2.53. The molecule has 1 amide bonds. The van der Waals surface area contributed by atoms with E-state index in [1.165, 1.54) is 0 Å². The van der Waals surface area contributed by atoms with Gasteiger partial charge in [-0.05, 0) is 44.5 Å². The number of nitrogens with two attached hydrogens (primary N) is 1. The third-order valence-electron chi connectivity index (χ3n) is 8.30. The van der Waals surface area contributed by atoms with Crippen LogP contribution >= 0.6 is 0 Å². The van der Waals surface area contributed by atoms with E-state index in [2.05, 4.69) is 0 Å². The second kappa shape index (κ2) is 8.55. The van der Waals surface area contributed by atoms with E-state index in [1.54, 1.807) is 31.1 Å². The highest BCUT2D eigenvalue weighted by molar-refractivity contribution is 6.16. The number of nitrogens with zero attached hydrogens (tertiary/aromatic N) is 2. The first-order valence-corrected chi connectivity index (χ1v) is 12.1. The van der Waals surface area contributed by atoms with E-state index < -0.39 is 58.7 Å². The second-order valence-electron chi connectivity index (χ2n) is 10.4. The number of amides is 1. The standard InChI is InChI=1S/C25H31N3O8/c1-27(2)18-13-10-12-9-11-3-4-14(28-5-7-36-8-6-28)19(29)15(11)20(30)16(12)22(32)25(13,35)23(33)17(21(18)31)24(26)34/h3-4,12-13,17-18,21,29,31-32,35H,5-10H2,1-2H3,(H2,26,34)/t12-,13-,17?,18-,21?,25-/m0/s1. The summed E-state index contributed by atoms with van der Waals surface area (Å²) < 4.78 is 5.36. The van der Waals surface area contributed by atoms with E-state index in [0.29, 0.717) is 37.6 Å². The maximum absolute atomic E-state index is 13.7. The Balaban J connectivity index is 1.64. The molecule has 0 aromatic heterocycles. The Labute approximate surface area is 207 Å². The van der Waals surface area contributed by atoms with Gasteiger partial charge in [0.2, 0.25) is 5.91 Å². The molecule has 1 aromatic carbocycles. The topological polar surface area (TPSA) is 174 Å². The third kappa shape index (κ3) is 3.30. The molecule has 1 saturated heterocycles. The van der Waals surface area contributed by atoms with Gasteiger partial charge in [-0.3, -0.25) is 14.4 Å². The van der Waals surface area contributed by atoms with Crippen LogP contribution in [0.1, 0.15) is 22.3 Å². The number of hydrogen-bond donors (Lipinski definition) is 5. The van der Waals surface area contributed by atoms with Crippen molar-refractivity contribution in [3.63, 3.8) is 0 Å². The zero-order valence-corrected chi connectivity index (χ0v) is 20.2. The summed E-state index contributed by atoms with van der Waals surface area (Å²) in [5, 5.41) is 45.0. The molecule has 36 heavy (non-hydrogen) atoms. The predicted octanol–water partition coefficient (Wildman–Crippen LogP) is -0.878. The van der Waals surface area contributed by atoms with Crippen LogP contribution in [0.5, 0.6) is 5.75 Å². The van der Waals surface area contributed by atoms with Crippen LogP contribution in [0, 0.1) is 17.8 Å². The molecule has 6 atom stereocenters. The number of benzene rings is 1. The van der Waals surface area contributed by atoms with Crippen LogP contribution in [-0.2, 0) is 20.7 Å². The summed E-state index contributed by atoms with van der Waals surface area (Å²) in [7, 11) is 3.26. The summed E-state index contributed by atoms with van der Waals surface area (Å²) in [6, 6.07) is 2.65. The van der Waals surface area contributed by atoms with Gasteiger partial charge < -0.3 is 40.7 Å². The number of allylic oxidation sites excluding steroid dienone is 1. The van der Waals surface area contributed by atoms with Crippen molar-refractivity contribution >= 4 is 23.2 Å². The number of primary amides is 1. The van der Waals surface area contributed by atoms with Crippen LogP contribution in [0.15, 0.2) is 23.5 Å². The molecule has 1 aromatic rings. The van der Waals surface area contributed by atoms with Gasteiger partial charge in [-0.15, -0.1) is 0 Å². The van der Waals surface area contributed by atoms with E-state index in [-0.39, 0.29) is 29.7 Å². The normalized spacial score (nSPS) is 34.4. The number of phenolic OH excluding ortho intramolecular Hbond substituents is 1. The minimum atomic E-state index is -2.58. The lowest BCUT2D eigenvalue weighted by Crippen LogP contribution is -2.71. The lowest BCUT2D eigenvalue weighted by atomic mass is 9.56. The highest BCUT2D eigenvalue weighted by Gasteiger charge is 2.66. The molecule has 6 N–H and O–H groups in total. The number of aromatic hydroxyl groups is 1. The predicted molar refractivity (Wildman–Crippen MR) is 127 cm³/mol. The Morgan fingerprint density at radius 2 is 1.86 bits per heavy atom. The number of aliphatic hydroxyl groups excluding tert-OH is 2. The van der Waals surface area contributed by atoms with E-state index >= 15 is 0 Å². The number of carbonyl (C=O) groups is 3. The van der Waals surface area contributed by atoms with Crippen LogP contribution < -0.4 is 10.6 Å². The average Bonchev–Trinajstić information content (AvgIpc) is 2.81. The molecule has 2 fully saturated rings. The first kappa shape index (κ1) is 24.7. The van der Waals surface area contributed by atoms with Gasteiger partial charge in [0.25, 0.3) is 0 Å². The minimum Gasteiger partial charge on any atom is -0.508 e. The molecule has 0 bridgehead atoms. The maximum Gasteiger partial charge on any atom is 0.230 e. The zero-order valence-electron chi connectivity index (χ0n) is 20.2. The molecule has 1 aliphatic heterocycles. The van der Waals surface area contributed by atoms with Crippen molar-refractivity contribution in [3.05, 3.63) is 34.6 Å². The molecule has 1 heterocycles. The molecule has 0 radical (unpaired) electrons. The Morgan fingerprint density at radius 3 is 2.47 bits per heavy atom. The number of Topliss-reactive ketones (excluding diaryl/α,β-unsaturated/α-hetero) is 2. The van der Waals surface area contributed by atoms with Crippen molar-refractivity contribution in [2.75, 3.05) is 45.3 Å². The molecule has 2 unspecified atom stereocenters. The van der Waals surface area contributed by atoms with Gasteiger partial charge in [-0.1, -0.05) is 6.07 Å². The quantitative estimate of drug-likeness (QED) is 0.327. The van der Waals surface area contributed by atoms with Gasteiger partial charge >= 0.3 is 0 Å². The molecule has 4 aliphatic rings. The highest BCUT2D eigenvalue weighted by Crippen LogP contribution is 2.53. The Hall–Kier alpha value is -2.99. The van der Waals surface area contributed by atoms with Crippen LogP contribution in [0.2, 0.25) is 0 Å². The summed E-state index contributed by atoms with van der Waals surface area (Å²) in [5.74, 6) is -7.28. The molecule has 3 aliphatic carbocycles. The van der Waals surface area contributed by atoms with E-state index in [4.69, 9.17) is 10.5 Å². The third-order valence-corrected chi connectivity index (χ3v) is 8.30.